The molecule has 2 atom stereocenters. The molecule has 146 valence electrons. The molecule has 1 saturated carbocycles. The summed E-state index contributed by atoms with van der Waals surface area (Å²) in [5.41, 5.74) is 0.474. The number of pyridine rings is 1. The lowest BCUT2D eigenvalue weighted by molar-refractivity contribution is -0.605. The maximum atomic E-state index is 12.8. The number of rotatable bonds is 7. The standard InChI is InChI=1S/C16H17ClF2N4O3S/c1-21(15(24)4-7-27(26)10-11-8-16(11,18)19)14-3-6-23(20-14)13-2-5-22(25)9-12(13)17/h2-3,5-6,9,11H,4,7-8,10H2,1H3. The van der Waals surface area contributed by atoms with Crippen molar-refractivity contribution in [1.82, 2.24) is 9.78 Å². The minimum Gasteiger partial charge on any atom is -0.619 e. The third-order valence-corrected chi connectivity index (χ3v) is 6.02. The van der Waals surface area contributed by atoms with Crippen molar-refractivity contribution in [2.24, 2.45) is 5.92 Å². The van der Waals surface area contributed by atoms with Crippen molar-refractivity contribution in [3.63, 3.8) is 0 Å². The molecule has 2 heterocycles. The summed E-state index contributed by atoms with van der Waals surface area (Å²) in [4.78, 5) is 13.6. The Labute approximate surface area is 161 Å². The van der Waals surface area contributed by atoms with Gasteiger partial charge in [0.15, 0.2) is 12.0 Å². The van der Waals surface area contributed by atoms with Crippen molar-refractivity contribution in [2.45, 2.75) is 18.8 Å². The number of hydrogen-bond acceptors (Lipinski definition) is 4. The van der Waals surface area contributed by atoms with Gasteiger partial charge in [-0.1, -0.05) is 11.6 Å². The monoisotopic (exact) mass is 418 g/mol. The molecule has 7 nitrogen and oxygen atoms in total. The Morgan fingerprint density at radius 2 is 2.26 bits per heavy atom. The van der Waals surface area contributed by atoms with Gasteiger partial charge in [0, 0.05) is 66.4 Å². The molecule has 1 fully saturated rings. The first-order valence-electron chi connectivity index (χ1n) is 8.11. The summed E-state index contributed by atoms with van der Waals surface area (Å²) in [6, 6.07) is 3.08. The number of alkyl halides is 2. The molecule has 2 aromatic rings. The van der Waals surface area contributed by atoms with Crippen molar-refractivity contribution in [2.75, 3.05) is 23.5 Å². The Bertz CT molecular complexity index is 892. The largest absolute Gasteiger partial charge is 0.619 e. The van der Waals surface area contributed by atoms with E-state index in [1.165, 1.54) is 35.1 Å². The Hall–Kier alpha value is -2.07. The van der Waals surface area contributed by atoms with Crippen molar-refractivity contribution < 1.29 is 22.5 Å². The van der Waals surface area contributed by atoms with Crippen LogP contribution in [-0.4, -0.2) is 44.4 Å². The lowest BCUT2D eigenvalue weighted by Crippen LogP contribution is -2.28. The highest BCUT2D eigenvalue weighted by Gasteiger charge is 2.57. The summed E-state index contributed by atoms with van der Waals surface area (Å²) in [5.74, 6) is -3.56. The third-order valence-electron chi connectivity index (χ3n) is 4.29. The summed E-state index contributed by atoms with van der Waals surface area (Å²) >= 11 is 6.02. The molecule has 0 bridgehead atoms. The van der Waals surface area contributed by atoms with E-state index in [1.54, 1.807) is 12.3 Å². The highest BCUT2D eigenvalue weighted by molar-refractivity contribution is 7.85. The van der Waals surface area contributed by atoms with E-state index in [0.717, 1.165) is 0 Å². The number of amides is 1. The fourth-order valence-electron chi connectivity index (χ4n) is 2.51. The van der Waals surface area contributed by atoms with Gasteiger partial charge in [-0.2, -0.15) is 4.73 Å². The quantitative estimate of drug-likeness (QED) is 0.508. The zero-order chi connectivity index (χ0) is 19.8. The van der Waals surface area contributed by atoms with Gasteiger partial charge in [0.2, 0.25) is 12.1 Å². The molecule has 0 aromatic carbocycles. The first-order chi connectivity index (χ1) is 12.7. The zero-order valence-electron chi connectivity index (χ0n) is 14.3. The van der Waals surface area contributed by atoms with Crippen molar-refractivity contribution >= 4 is 34.1 Å². The number of aromatic nitrogens is 3. The van der Waals surface area contributed by atoms with Gasteiger partial charge in [0.1, 0.15) is 5.02 Å². The van der Waals surface area contributed by atoms with Crippen LogP contribution >= 0.6 is 11.6 Å². The van der Waals surface area contributed by atoms with Crippen LogP contribution in [0.5, 0.6) is 0 Å². The summed E-state index contributed by atoms with van der Waals surface area (Å²) in [7, 11) is 0.0589. The first-order valence-corrected chi connectivity index (χ1v) is 9.97. The van der Waals surface area contributed by atoms with Gasteiger partial charge < -0.3 is 5.21 Å². The van der Waals surface area contributed by atoms with Gasteiger partial charge in [-0.05, 0) is 0 Å². The van der Waals surface area contributed by atoms with Gasteiger partial charge in [-0.25, -0.2) is 13.5 Å². The van der Waals surface area contributed by atoms with Crippen LogP contribution in [0.1, 0.15) is 12.8 Å². The molecule has 0 spiro atoms. The number of nitrogens with zero attached hydrogens (tertiary/aromatic N) is 4. The number of carbonyl (C=O) groups is 1. The first kappa shape index (κ1) is 19.7. The number of hydrogen-bond donors (Lipinski definition) is 0. The lowest BCUT2D eigenvalue weighted by atomic mass is 10.4. The van der Waals surface area contributed by atoms with Gasteiger partial charge in [0.25, 0.3) is 5.92 Å². The molecule has 0 aliphatic heterocycles. The van der Waals surface area contributed by atoms with Crippen LogP contribution in [0.4, 0.5) is 14.6 Å². The molecule has 27 heavy (non-hydrogen) atoms. The van der Waals surface area contributed by atoms with E-state index in [9.17, 15) is 23.0 Å². The predicted octanol–water partition coefficient (Wildman–Crippen LogP) is 1.92. The summed E-state index contributed by atoms with van der Waals surface area (Å²) in [6.07, 6.45) is 3.79. The molecule has 2 unspecified atom stereocenters. The van der Waals surface area contributed by atoms with E-state index in [1.807, 2.05) is 0 Å². The SMILES string of the molecule is CN(C(=O)CCS(=O)CC1CC1(F)F)c1ccn(-c2cc[n+]([O-])cc2Cl)n1. The molecular weight excluding hydrogens is 402 g/mol. The van der Waals surface area contributed by atoms with Gasteiger partial charge >= 0.3 is 0 Å². The maximum absolute atomic E-state index is 12.8. The van der Waals surface area contributed by atoms with Crippen LogP contribution in [0.25, 0.3) is 5.69 Å². The predicted molar refractivity (Wildman–Crippen MR) is 96.5 cm³/mol. The average molecular weight is 419 g/mol. The minimum absolute atomic E-state index is 0.0312. The zero-order valence-corrected chi connectivity index (χ0v) is 15.9. The molecular formula is C16H17ClF2N4O3S. The van der Waals surface area contributed by atoms with Gasteiger partial charge in [-0.3, -0.25) is 13.9 Å². The average Bonchev–Trinajstić information content (AvgIpc) is 2.98. The van der Waals surface area contributed by atoms with Crippen LogP contribution in [0.3, 0.4) is 0 Å². The van der Waals surface area contributed by atoms with Crippen molar-refractivity contribution in [1.29, 1.82) is 0 Å². The Balaban J connectivity index is 1.57. The van der Waals surface area contributed by atoms with Crippen LogP contribution < -0.4 is 9.63 Å². The molecule has 0 radical (unpaired) electrons. The van der Waals surface area contributed by atoms with Crippen LogP contribution in [0, 0.1) is 11.1 Å². The van der Waals surface area contributed by atoms with E-state index in [4.69, 9.17) is 11.6 Å². The second-order valence-electron chi connectivity index (χ2n) is 6.33. The van der Waals surface area contributed by atoms with E-state index in [2.05, 4.69) is 5.10 Å². The second-order valence-corrected chi connectivity index (χ2v) is 8.36. The van der Waals surface area contributed by atoms with E-state index >= 15 is 0 Å². The smallest absolute Gasteiger partial charge is 0.252 e. The van der Waals surface area contributed by atoms with Crippen LogP contribution in [-0.2, 0) is 15.6 Å². The summed E-state index contributed by atoms with van der Waals surface area (Å²) in [5, 5.41) is 15.6. The Morgan fingerprint density at radius 1 is 1.56 bits per heavy atom. The van der Waals surface area contributed by atoms with Crippen LogP contribution in [0.2, 0.25) is 5.02 Å². The molecule has 1 amide bonds. The van der Waals surface area contributed by atoms with Crippen molar-refractivity contribution in [3.05, 3.63) is 41.0 Å². The molecule has 2 aromatic heterocycles. The van der Waals surface area contributed by atoms with Crippen molar-refractivity contribution in [3.8, 4) is 5.69 Å². The summed E-state index contributed by atoms with van der Waals surface area (Å²) in [6.45, 7) is 0. The molecule has 3 rings (SSSR count). The molecule has 0 saturated heterocycles. The molecule has 11 heteroatoms. The maximum Gasteiger partial charge on any atom is 0.252 e. The highest BCUT2D eigenvalue weighted by atomic mass is 35.5. The molecule has 1 aliphatic carbocycles. The van der Waals surface area contributed by atoms with Gasteiger partial charge in [-0.15, -0.1) is 5.10 Å². The number of carbonyl (C=O) groups excluding carboxylic acids is 1. The Kier molecular flexibility index (Phi) is 5.48. The Morgan fingerprint density at radius 3 is 2.89 bits per heavy atom. The van der Waals surface area contributed by atoms with E-state index < -0.39 is 22.6 Å². The van der Waals surface area contributed by atoms with E-state index in [0.29, 0.717) is 16.2 Å². The number of anilines is 1. The topological polar surface area (TPSA) is 82.1 Å². The minimum atomic E-state index is -2.70. The molecule has 0 N–H and O–H groups in total. The normalized spacial score (nSPS) is 18.9. The van der Waals surface area contributed by atoms with Crippen LogP contribution in [0.15, 0.2) is 30.7 Å². The lowest BCUT2D eigenvalue weighted by Gasteiger charge is -2.14. The third kappa shape index (κ3) is 4.62. The van der Waals surface area contributed by atoms with E-state index in [-0.39, 0.29) is 35.3 Å². The highest BCUT2D eigenvalue weighted by Crippen LogP contribution is 2.48. The molecule has 1 aliphatic rings. The second kappa shape index (κ2) is 7.51. The fourth-order valence-corrected chi connectivity index (χ4v) is 4.14. The fraction of sp³-hybridized carbons (Fsp3) is 0.438. The summed E-state index contributed by atoms with van der Waals surface area (Å²) < 4.78 is 39.5. The van der Waals surface area contributed by atoms with Gasteiger partial charge in [0.05, 0.1) is 5.69 Å². The number of halogens is 3.